The van der Waals surface area contributed by atoms with Gasteiger partial charge in [-0.2, -0.15) is 0 Å². The lowest BCUT2D eigenvalue weighted by Gasteiger charge is -2.09. The minimum absolute atomic E-state index is 0. The van der Waals surface area contributed by atoms with Crippen LogP contribution in [-0.2, 0) is 0 Å². The SMILES string of the molecule is Cl.Cl.NC(=NC1CCCC1)Nc1ccc(-c2ccc(-c3ccc(NC(N)=NC4CCCC4)cc3)s2)cc1. The van der Waals surface area contributed by atoms with Crippen molar-refractivity contribution in [3.8, 4) is 20.9 Å². The summed E-state index contributed by atoms with van der Waals surface area (Å²) in [5.41, 5.74) is 16.5. The zero-order valence-electron chi connectivity index (χ0n) is 20.9. The van der Waals surface area contributed by atoms with Crippen LogP contribution in [0.25, 0.3) is 20.9 Å². The van der Waals surface area contributed by atoms with Gasteiger partial charge in [0.2, 0.25) is 0 Å². The number of nitrogens with zero attached hydrogens (tertiary/aromatic N) is 2. The summed E-state index contributed by atoms with van der Waals surface area (Å²) in [6.45, 7) is 0. The number of thiophene rings is 1. The molecule has 0 amide bonds. The zero-order valence-corrected chi connectivity index (χ0v) is 23.3. The van der Waals surface area contributed by atoms with Gasteiger partial charge in [-0.15, -0.1) is 36.2 Å². The highest BCUT2D eigenvalue weighted by Crippen LogP contribution is 2.35. The first-order valence-electron chi connectivity index (χ1n) is 12.6. The van der Waals surface area contributed by atoms with Gasteiger partial charge in [0.15, 0.2) is 11.9 Å². The predicted molar refractivity (Wildman–Crippen MR) is 165 cm³/mol. The van der Waals surface area contributed by atoms with Crippen molar-refractivity contribution in [1.82, 2.24) is 0 Å². The Kier molecular flexibility index (Phi) is 10.7. The minimum atomic E-state index is 0. The van der Waals surface area contributed by atoms with Crippen LogP contribution in [0.1, 0.15) is 51.4 Å². The number of halogens is 2. The van der Waals surface area contributed by atoms with Crippen LogP contribution in [0.5, 0.6) is 0 Å². The van der Waals surface area contributed by atoms with Gasteiger partial charge in [0.05, 0.1) is 12.1 Å². The fourth-order valence-electron chi connectivity index (χ4n) is 4.90. The summed E-state index contributed by atoms with van der Waals surface area (Å²) in [7, 11) is 0. The van der Waals surface area contributed by atoms with Crippen molar-refractivity contribution in [3.63, 3.8) is 0 Å². The average molecular weight is 560 g/mol. The molecule has 198 valence electrons. The number of hydrogen-bond acceptors (Lipinski definition) is 3. The van der Waals surface area contributed by atoms with E-state index < -0.39 is 0 Å². The summed E-state index contributed by atoms with van der Waals surface area (Å²) in [5.74, 6) is 1.01. The summed E-state index contributed by atoms with van der Waals surface area (Å²) in [5, 5.41) is 6.45. The van der Waals surface area contributed by atoms with Crippen molar-refractivity contribution >= 4 is 59.4 Å². The van der Waals surface area contributed by atoms with E-state index >= 15 is 0 Å². The maximum atomic E-state index is 6.10. The molecule has 3 aromatic rings. The molecule has 2 saturated carbocycles. The Balaban J connectivity index is 0.00000190. The maximum absolute atomic E-state index is 6.10. The first-order valence-corrected chi connectivity index (χ1v) is 13.5. The van der Waals surface area contributed by atoms with Gasteiger partial charge < -0.3 is 22.1 Å². The highest BCUT2D eigenvalue weighted by atomic mass is 35.5. The van der Waals surface area contributed by atoms with Crippen molar-refractivity contribution in [2.75, 3.05) is 10.6 Å². The molecular weight excluding hydrogens is 523 g/mol. The van der Waals surface area contributed by atoms with Crippen molar-refractivity contribution < 1.29 is 0 Å². The molecule has 0 saturated heterocycles. The number of nitrogens with one attached hydrogen (secondary N) is 2. The van der Waals surface area contributed by atoms with Crippen molar-refractivity contribution in [2.24, 2.45) is 21.5 Å². The molecule has 2 aliphatic carbocycles. The van der Waals surface area contributed by atoms with Crippen LogP contribution < -0.4 is 22.1 Å². The zero-order chi connectivity index (χ0) is 24.0. The molecule has 0 spiro atoms. The van der Waals surface area contributed by atoms with E-state index in [2.05, 4.69) is 81.3 Å². The molecule has 2 fully saturated rings. The van der Waals surface area contributed by atoms with Crippen LogP contribution in [0.15, 0.2) is 70.6 Å². The van der Waals surface area contributed by atoms with E-state index in [9.17, 15) is 0 Å². The topological polar surface area (TPSA) is 101 Å². The summed E-state index contributed by atoms with van der Waals surface area (Å²) >= 11 is 1.78. The second kappa shape index (κ2) is 13.7. The van der Waals surface area contributed by atoms with Crippen molar-refractivity contribution in [2.45, 2.75) is 63.5 Å². The van der Waals surface area contributed by atoms with E-state index in [1.165, 1.54) is 46.6 Å². The second-order valence-corrected chi connectivity index (χ2v) is 10.6. The Morgan fingerprint density at radius 3 is 1.30 bits per heavy atom. The molecule has 6 nitrogen and oxygen atoms in total. The standard InChI is InChI=1S/C28H34N6S.2ClH/c29-27(31-21-5-1-2-6-21)33-23-13-9-19(10-14-23)25-17-18-26(35-25)20-11-15-24(16-12-20)34-28(30)32-22-7-3-4-8-22;;/h9-18,21-22H,1-8H2,(H3,29,31,33)(H3,30,32,34);2*1H. The van der Waals surface area contributed by atoms with Crippen LogP contribution in [0.4, 0.5) is 11.4 Å². The van der Waals surface area contributed by atoms with Crippen LogP contribution in [0.3, 0.4) is 0 Å². The van der Waals surface area contributed by atoms with E-state index in [0.29, 0.717) is 24.0 Å². The molecule has 0 unspecified atom stereocenters. The molecule has 5 rings (SSSR count). The molecule has 0 bridgehead atoms. The van der Waals surface area contributed by atoms with Gasteiger partial charge in [-0.1, -0.05) is 49.9 Å². The summed E-state index contributed by atoms with van der Waals surface area (Å²) in [6, 6.07) is 21.8. The molecule has 0 atom stereocenters. The number of hydrogen-bond donors (Lipinski definition) is 4. The lowest BCUT2D eigenvalue weighted by molar-refractivity contribution is 0.705. The summed E-state index contributed by atoms with van der Waals surface area (Å²) in [6.07, 6.45) is 9.59. The third kappa shape index (κ3) is 7.87. The summed E-state index contributed by atoms with van der Waals surface area (Å²) in [4.78, 5) is 11.7. The molecular formula is C28H36Cl2N6S. The molecule has 0 aliphatic heterocycles. The first-order chi connectivity index (χ1) is 17.1. The lowest BCUT2D eigenvalue weighted by atomic mass is 10.1. The predicted octanol–water partition coefficient (Wildman–Crippen LogP) is 7.26. The van der Waals surface area contributed by atoms with Gasteiger partial charge in [-0.05, 0) is 73.2 Å². The molecule has 9 heteroatoms. The Morgan fingerprint density at radius 2 is 0.946 bits per heavy atom. The third-order valence-corrected chi connectivity index (χ3v) is 7.97. The number of benzene rings is 2. The van der Waals surface area contributed by atoms with Crippen molar-refractivity contribution in [1.29, 1.82) is 0 Å². The number of rotatable bonds is 6. The summed E-state index contributed by atoms with van der Waals surface area (Å²) < 4.78 is 0. The van der Waals surface area contributed by atoms with Gasteiger partial charge in [0, 0.05) is 21.1 Å². The van der Waals surface area contributed by atoms with Crippen LogP contribution >= 0.6 is 36.2 Å². The normalized spacial score (nSPS) is 16.8. The Bertz CT molecular complexity index is 1090. The van der Waals surface area contributed by atoms with Gasteiger partial charge in [0.1, 0.15) is 0 Å². The van der Waals surface area contributed by atoms with Crippen LogP contribution in [-0.4, -0.2) is 24.0 Å². The average Bonchev–Trinajstić information content (AvgIpc) is 3.64. The maximum Gasteiger partial charge on any atom is 0.193 e. The van der Waals surface area contributed by atoms with E-state index in [-0.39, 0.29) is 24.8 Å². The molecule has 2 aromatic carbocycles. The van der Waals surface area contributed by atoms with Gasteiger partial charge in [-0.3, -0.25) is 0 Å². The Labute approximate surface area is 235 Å². The largest absolute Gasteiger partial charge is 0.370 e. The number of anilines is 2. The number of aliphatic imine (C=N–C) groups is 2. The fourth-order valence-corrected chi connectivity index (χ4v) is 5.92. The van der Waals surface area contributed by atoms with E-state index in [1.54, 1.807) is 11.3 Å². The van der Waals surface area contributed by atoms with Gasteiger partial charge in [0.25, 0.3) is 0 Å². The lowest BCUT2D eigenvalue weighted by Crippen LogP contribution is -2.24. The highest BCUT2D eigenvalue weighted by molar-refractivity contribution is 7.18. The fraction of sp³-hybridized carbons (Fsp3) is 0.357. The Hall–Kier alpha value is -2.74. The van der Waals surface area contributed by atoms with E-state index in [0.717, 1.165) is 37.1 Å². The van der Waals surface area contributed by atoms with Crippen molar-refractivity contribution in [3.05, 3.63) is 60.7 Å². The monoisotopic (exact) mass is 558 g/mol. The molecule has 6 N–H and O–H groups in total. The first kappa shape index (κ1) is 28.8. The highest BCUT2D eigenvalue weighted by Gasteiger charge is 2.15. The third-order valence-electron chi connectivity index (χ3n) is 6.78. The van der Waals surface area contributed by atoms with E-state index in [1.807, 2.05) is 0 Å². The molecule has 1 aromatic heterocycles. The van der Waals surface area contributed by atoms with Crippen LogP contribution in [0.2, 0.25) is 0 Å². The molecule has 0 radical (unpaired) electrons. The minimum Gasteiger partial charge on any atom is -0.370 e. The van der Waals surface area contributed by atoms with E-state index in [4.69, 9.17) is 11.5 Å². The van der Waals surface area contributed by atoms with Gasteiger partial charge >= 0.3 is 0 Å². The Morgan fingerprint density at radius 1 is 0.595 bits per heavy atom. The molecule has 1 heterocycles. The van der Waals surface area contributed by atoms with Crippen LogP contribution in [0, 0.1) is 0 Å². The quantitative estimate of drug-likeness (QED) is 0.189. The van der Waals surface area contributed by atoms with Gasteiger partial charge in [-0.25, -0.2) is 9.98 Å². The second-order valence-electron chi connectivity index (χ2n) is 9.47. The molecule has 37 heavy (non-hydrogen) atoms. The number of guanidine groups is 2. The smallest absolute Gasteiger partial charge is 0.193 e. The number of nitrogens with two attached hydrogens (primary N) is 2. The molecule has 2 aliphatic rings.